The zero-order valence-electron chi connectivity index (χ0n) is 7.84. The first-order valence-electron chi connectivity index (χ1n) is 4.61. The van der Waals surface area contributed by atoms with E-state index < -0.39 is 0 Å². The summed E-state index contributed by atoms with van der Waals surface area (Å²) in [5.41, 5.74) is 6.96. The van der Waals surface area contributed by atoms with E-state index in [1.54, 1.807) is 0 Å². The van der Waals surface area contributed by atoms with Gasteiger partial charge >= 0.3 is 0 Å². The van der Waals surface area contributed by atoms with Gasteiger partial charge in [-0.15, -0.1) is 0 Å². The molecule has 0 aromatic heterocycles. The Labute approximate surface area is 101 Å². The molecule has 1 aromatic rings. The number of hydrazine groups is 1. The number of halogens is 2. The molecule has 15 heavy (non-hydrogen) atoms. The lowest BCUT2D eigenvalue weighted by Gasteiger charge is -2.15. The molecule has 2 atom stereocenters. The van der Waals surface area contributed by atoms with E-state index in [1.165, 1.54) is 0 Å². The molecule has 5 heteroatoms. The van der Waals surface area contributed by atoms with E-state index in [2.05, 4.69) is 26.8 Å². The van der Waals surface area contributed by atoms with E-state index in [0.29, 0.717) is 11.6 Å². The van der Waals surface area contributed by atoms with Gasteiger partial charge in [0.05, 0.1) is 6.04 Å². The number of carbonyl (C=O) groups is 1. The van der Waals surface area contributed by atoms with Gasteiger partial charge in [0.25, 0.3) is 0 Å². The van der Waals surface area contributed by atoms with Crippen LogP contribution in [0.5, 0.6) is 0 Å². The summed E-state index contributed by atoms with van der Waals surface area (Å²) in [6.07, 6.45) is 0.954. The number of nitrogens with one attached hydrogen (secondary N) is 2. The van der Waals surface area contributed by atoms with E-state index in [0.717, 1.165) is 16.3 Å². The first kappa shape index (κ1) is 11.1. The molecule has 0 radical (unpaired) electrons. The van der Waals surface area contributed by atoms with E-state index in [1.807, 2.05) is 18.2 Å². The van der Waals surface area contributed by atoms with Crippen LogP contribution in [0.15, 0.2) is 22.7 Å². The summed E-state index contributed by atoms with van der Waals surface area (Å²) < 4.78 is 0.935. The van der Waals surface area contributed by atoms with Crippen LogP contribution in [0.3, 0.4) is 0 Å². The van der Waals surface area contributed by atoms with Gasteiger partial charge in [-0.1, -0.05) is 33.6 Å². The molecule has 1 aromatic carbocycles. The van der Waals surface area contributed by atoms with Gasteiger partial charge < -0.3 is 4.79 Å². The standard InChI is InChI=1S/C10H10BrClN2O/c11-7-1-2-8(9(12)3-7)10-6(5-15)4-13-14-10/h1-3,5-6,10,13-14H,4H2. The van der Waals surface area contributed by atoms with Gasteiger partial charge in [0, 0.05) is 22.0 Å². The van der Waals surface area contributed by atoms with Gasteiger partial charge in [0.1, 0.15) is 6.29 Å². The zero-order chi connectivity index (χ0) is 10.8. The second-order valence-corrected chi connectivity index (χ2v) is 4.79. The highest BCUT2D eigenvalue weighted by Gasteiger charge is 2.29. The minimum absolute atomic E-state index is 0.0388. The lowest BCUT2D eigenvalue weighted by Crippen LogP contribution is -2.25. The fourth-order valence-electron chi connectivity index (χ4n) is 1.70. The first-order chi connectivity index (χ1) is 7.22. The molecular formula is C10H10BrClN2O. The zero-order valence-corrected chi connectivity index (χ0v) is 10.2. The van der Waals surface area contributed by atoms with E-state index in [-0.39, 0.29) is 12.0 Å². The normalized spacial score (nSPS) is 25.5. The fourth-order valence-corrected chi connectivity index (χ4v) is 2.49. The summed E-state index contributed by atoms with van der Waals surface area (Å²) >= 11 is 9.47. The van der Waals surface area contributed by atoms with E-state index in [4.69, 9.17) is 11.6 Å². The van der Waals surface area contributed by atoms with Crippen molar-refractivity contribution >= 4 is 33.8 Å². The molecule has 0 aliphatic carbocycles. The maximum Gasteiger partial charge on any atom is 0.126 e. The highest BCUT2D eigenvalue weighted by atomic mass is 79.9. The number of benzene rings is 1. The van der Waals surface area contributed by atoms with Crippen molar-refractivity contribution in [1.82, 2.24) is 10.9 Å². The Bertz CT molecular complexity index is 386. The predicted octanol–water partition coefficient (Wildman–Crippen LogP) is 2.07. The van der Waals surface area contributed by atoms with Gasteiger partial charge in [0.2, 0.25) is 0 Å². The van der Waals surface area contributed by atoms with Crippen LogP contribution in [-0.4, -0.2) is 12.8 Å². The smallest absolute Gasteiger partial charge is 0.126 e. The second kappa shape index (κ2) is 4.61. The molecule has 2 N–H and O–H groups in total. The van der Waals surface area contributed by atoms with Crippen LogP contribution in [0, 0.1) is 5.92 Å². The van der Waals surface area contributed by atoms with Gasteiger partial charge in [0.15, 0.2) is 0 Å². The number of aldehydes is 1. The van der Waals surface area contributed by atoms with Gasteiger partial charge in [-0.25, -0.2) is 5.43 Å². The highest BCUT2D eigenvalue weighted by molar-refractivity contribution is 9.10. The third-order valence-corrected chi connectivity index (χ3v) is 3.32. The van der Waals surface area contributed by atoms with Crippen LogP contribution in [0.25, 0.3) is 0 Å². The fraction of sp³-hybridized carbons (Fsp3) is 0.300. The maximum atomic E-state index is 10.8. The lowest BCUT2D eigenvalue weighted by molar-refractivity contribution is -0.111. The monoisotopic (exact) mass is 288 g/mol. The number of carbonyl (C=O) groups excluding carboxylic acids is 1. The maximum absolute atomic E-state index is 10.8. The molecule has 1 saturated heterocycles. The van der Waals surface area contributed by atoms with Crippen LogP contribution in [-0.2, 0) is 4.79 Å². The topological polar surface area (TPSA) is 41.1 Å². The third kappa shape index (κ3) is 2.23. The minimum atomic E-state index is -0.0660. The van der Waals surface area contributed by atoms with Crippen molar-refractivity contribution in [1.29, 1.82) is 0 Å². The molecule has 2 unspecified atom stereocenters. The molecule has 1 heterocycles. The summed E-state index contributed by atoms with van der Waals surface area (Å²) in [5.74, 6) is -0.0660. The first-order valence-corrected chi connectivity index (χ1v) is 5.78. The average Bonchev–Trinajstić information content (AvgIpc) is 2.65. The molecule has 2 rings (SSSR count). The quantitative estimate of drug-likeness (QED) is 0.819. The van der Waals surface area contributed by atoms with Crippen molar-refractivity contribution in [2.45, 2.75) is 6.04 Å². The Kier molecular flexibility index (Phi) is 3.41. The SMILES string of the molecule is O=CC1CNNC1c1ccc(Br)cc1Cl. The summed E-state index contributed by atoms with van der Waals surface area (Å²) in [5, 5.41) is 0.664. The molecular weight excluding hydrogens is 279 g/mol. The van der Waals surface area contributed by atoms with Crippen molar-refractivity contribution < 1.29 is 4.79 Å². The number of hydrogen-bond donors (Lipinski definition) is 2. The highest BCUT2D eigenvalue weighted by Crippen LogP contribution is 2.31. The molecule has 0 bridgehead atoms. The van der Waals surface area contributed by atoms with Gasteiger partial charge in [-0.2, -0.15) is 0 Å². The van der Waals surface area contributed by atoms with Crippen molar-refractivity contribution in [3.63, 3.8) is 0 Å². The summed E-state index contributed by atoms with van der Waals surface area (Å²) in [6, 6.07) is 5.64. The molecule has 0 spiro atoms. The molecule has 80 valence electrons. The van der Waals surface area contributed by atoms with E-state index in [9.17, 15) is 4.79 Å². The third-order valence-electron chi connectivity index (χ3n) is 2.50. The number of hydrogen-bond acceptors (Lipinski definition) is 3. The molecule has 0 amide bonds. The Balaban J connectivity index is 2.32. The summed E-state index contributed by atoms with van der Waals surface area (Å²) in [7, 11) is 0. The molecule has 1 aliphatic rings. The summed E-state index contributed by atoms with van der Waals surface area (Å²) in [6.45, 7) is 0.639. The van der Waals surface area contributed by atoms with Crippen molar-refractivity contribution in [3.05, 3.63) is 33.3 Å². The average molecular weight is 290 g/mol. The van der Waals surface area contributed by atoms with Crippen LogP contribution >= 0.6 is 27.5 Å². The molecule has 1 aliphatic heterocycles. The van der Waals surface area contributed by atoms with Crippen LogP contribution in [0.2, 0.25) is 5.02 Å². The van der Waals surface area contributed by atoms with Crippen LogP contribution in [0.1, 0.15) is 11.6 Å². The van der Waals surface area contributed by atoms with Crippen molar-refractivity contribution in [2.75, 3.05) is 6.54 Å². The molecule has 1 fully saturated rings. The van der Waals surface area contributed by atoms with Crippen LogP contribution < -0.4 is 10.9 Å². The lowest BCUT2D eigenvalue weighted by atomic mass is 9.96. The Hall–Kier alpha value is -0.420. The second-order valence-electron chi connectivity index (χ2n) is 3.47. The van der Waals surface area contributed by atoms with Gasteiger partial charge in [-0.05, 0) is 17.7 Å². The van der Waals surface area contributed by atoms with Crippen molar-refractivity contribution in [3.8, 4) is 0 Å². The largest absolute Gasteiger partial charge is 0.303 e. The van der Waals surface area contributed by atoms with Gasteiger partial charge in [-0.3, -0.25) is 5.43 Å². The Morgan fingerprint density at radius 2 is 2.33 bits per heavy atom. The summed E-state index contributed by atoms with van der Waals surface area (Å²) in [4.78, 5) is 10.8. The molecule has 0 saturated carbocycles. The molecule has 3 nitrogen and oxygen atoms in total. The van der Waals surface area contributed by atoms with Crippen molar-refractivity contribution in [2.24, 2.45) is 5.92 Å². The number of rotatable bonds is 2. The minimum Gasteiger partial charge on any atom is -0.303 e. The Morgan fingerprint density at radius 3 is 3.00 bits per heavy atom. The van der Waals surface area contributed by atoms with Crippen LogP contribution in [0.4, 0.5) is 0 Å². The van der Waals surface area contributed by atoms with E-state index >= 15 is 0 Å². The predicted molar refractivity (Wildman–Crippen MR) is 62.6 cm³/mol. The Morgan fingerprint density at radius 1 is 1.53 bits per heavy atom.